The van der Waals surface area contributed by atoms with Crippen molar-refractivity contribution in [2.24, 2.45) is 0 Å². The van der Waals surface area contributed by atoms with Gasteiger partial charge in [0.05, 0.1) is 5.52 Å². The van der Waals surface area contributed by atoms with E-state index in [0.29, 0.717) is 5.69 Å². The van der Waals surface area contributed by atoms with E-state index in [0.717, 1.165) is 24.8 Å². The first-order valence-corrected chi connectivity index (χ1v) is 5.26. The highest BCUT2D eigenvalue weighted by atomic mass is 16.2. The Morgan fingerprint density at radius 3 is 2.81 bits per heavy atom. The molecule has 2 heterocycles. The van der Waals surface area contributed by atoms with E-state index in [-0.39, 0.29) is 0 Å². The quantitative estimate of drug-likeness (QED) is 0.779. The van der Waals surface area contributed by atoms with E-state index in [1.54, 1.807) is 4.52 Å². The van der Waals surface area contributed by atoms with Crippen molar-refractivity contribution in [1.82, 2.24) is 9.61 Å². The number of aliphatic hydroxyl groups is 1. The van der Waals surface area contributed by atoms with Crippen molar-refractivity contribution in [1.29, 1.82) is 0 Å². The predicted molar refractivity (Wildman–Crippen MR) is 60.7 cm³/mol. The molecule has 2 aromatic rings. The molecule has 0 saturated heterocycles. The van der Waals surface area contributed by atoms with E-state index >= 15 is 0 Å². The van der Waals surface area contributed by atoms with Crippen LogP contribution in [0.3, 0.4) is 0 Å². The van der Waals surface area contributed by atoms with Gasteiger partial charge in [-0.15, -0.1) is 0 Å². The second kappa shape index (κ2) is 4.45. The molecule has 0 radical (unpaired) electrons. The first kappa shape index (κ1) is 10.8. The van der Waals surface area contributed by atoms with Gasteiger partial charge in [-0.3, -0.25) is 4.79 Å². The molecule has 84 valence electrons. The van der Waals surface area contributed by atoms with Gasteiger partial charge in [0.15, 0.2) is 6.29 Å². The van der Waals surface area contributed by atoms with E-state index in [1.807, 2.05) is 12.3 Å². The zero-order valence-corrected chi connectivity index (χ0v) is 9.13. The largest absolute Gasteiger partial charge is 0.400 e. The summed E-state index contributed by atoms with van der Waals surface area (Å²) < 4.78 is 1.75. The molecule has 0 aliphatic heterocycles. The van der Waals surface area contributed by atoms with Crippen LogP contribution in [0.4, 0.5) is 0 Å². The van der Waals surface area contributed by atoms with Gasteiger partial charge in [-0.05, 0) is 42.5 Å². The molecule has 16 heavy (non-hydrogen) atoms. The number of nitrogens with zero attached hydrogens (tertiary/aromatic N) is 2. The Morgan fingerprint density at radius 1 is 1.44 bits per heavy atom. The molecule has 4 heteroatoms. The molecule has 1 aliphatic carbocycles. The standard InChI is InChI=1S/C11H10N2O.CH4O/c14-7-10-6-11-5-9(8-1-2-8)3-4-13(11)12-10;1-2/h3-8H,1-2H2;2H,1H3. The number of rotatable bonds is 2. The summed E-state index contributed by atoms with van der Waals surface area (Å²) in [5.74, 6) is 0.745. The molecular weight excluding hydrogens is 204 g/mol. The lowest BCUT2D eigenvalue weighted by atomic mass is 10.1. The van der Waals surface area contributed by atoms with Crippen LogP contribution in [0.2, 0.25) is 0 Å². The van der Waals surface area contributed by atoms with E-state index in [4.69, 9.17) is 5.11 Å². The lowest BCUT2D eigenvalue weighted by Crippen LogP contribution is -1.89. The van der Waals surface area contributed by atoms with Crippen LogP contribution in [-0.2, 0) is 0 Å². The molecule has 0 bridgehead atoms. The van der Waals surface area contributed by atoms with Crippen LogP contribution >= 0.6 is 0 Å². The number of aliphatic hydroxyl groups excluding tert-OH is 1. The molecule has 0 amide bonds. The highest BCUT2D eigenvalue weighted by Crippen LogP contribution is 2.40. The number of aromatic nitrogens is 2. The first-order chi connectivity index (χ1) is 7.86. The smallest absolute Gasteiger partial charge is 0.170 e. The van der Waals surface area contributed by atoms with Gasteiger partial charge in [-0.1, -0.05) is 0 Å². The van der Waals surface area contributed by atoms with Gasteiger partial charge < -0.3 is 5.11 Å². The summed E-state index contributed by atoms with van der Waals surface area (Å²) in [6.45, 7) is 0. The number of carbonyl (C=O) groups excluding carboxylic acids is 1. The minimum Gasteiger partial charge on any atom is -0.400 e. The molecule has 2 aromatic heterocycles. The van der Waals surface area contributed by atoms with Crippen LogP contribution in [0.1, 0.15) is 34.8 Å². The topological polar surface area (TPSA) is 54.6 Å². The molecule has 1 N–H and O–H groups in total. The van der Waals surface area contributed by atoms with Crippen LogP contribution in [0, 0.1) is 0 Å². The second-order valence-electron chi connectivity index (χ2n) is 3.79. The number of hydrogen-bond donors (Lipinski definition) is 1. The van der Waals surface area contributed by atoms with E-state index in [2.05, 4.69) is 17.2 Å². The van der Waals surface area contributed by atoms with E-state index < -0.39 is 0 Å². The molecule has 4 nitrogen and oxygen atoms in total. The third-order valence-electron chi connectivity index (χ3n) is 2.68. The molecular formula is C12H14N2O2. The average molecular weight is 218 g/mol. The summed E-state index contributed by atoms with van der Waals surface area (Å²) in [4.78, 5) is 10.5. The van der Waals surface area contributed by atoms with E-state index in [1.165, 1.54) is 18.4 Å². The SMILES string of the molecule is CO.O=Cc1cc2cc(C3CC3)ccn2n1. The van der Waals surface area contributed by atoms with Crippen LogP contribution in [0.25, 0.3) is 5.52 Å². The van der Waals surface area contributed by atoms with Crippen LogP contribution in [0.15, 0.2) is 24.4 Å². The molecule has 0 spiro atoms. The Balaban J connectivity index is 0.000000457. The number of fused-ring (bicyclic) bond motifs is 1. The Hall–Kier alpha value is -1.68. The summed E-state index contributed by atoms with van der Waals surface area (Å²) in [6, 6.07) is 6.03. The predicted octanol–water partition coefficient (Wildman–Crippen LogP) is 1.63. The maximum Gasteiger partial charge on any atom is 0.170 e. The number of aldehydes is 1. The molecule has 0 unspecified atom stereocenters. The summed E-state index contributed by atoms with van der Waals surface area (Å²) in [6.07, 6.45) is 5.30. The van der Waals surface area contributed by atoms with Crippen molar-refractivity contribution in [2.45, 2.75) is 18.8 Å². The average Bonchev–Trinajstić information content (AvgIpc) is 3.10. The van der Waals surface area contributed by atoms with Crippen molar-refractivity contribution in [2.75, 3.05) is 7.11 Å². The van der Waals surface area contributed by atoms with Crippen molar-refractivity contribution in [3.8, 4) is 0 Å². The maximum absolute atomic E-state index is 10.5. The molecule has 1 aliphatic rings. The Labute approximate surface area is 93.5 Å². The van der Waals surface area contributed by atoms with Crippen LogP contribution in [-0.4, -0.2) is 28.1 Å². The fourth-order valence-corrected chi connectivity index (χ4v) is 1.76. The highest BCUT2D eigenvalue weighted by molar-refractivity contribution is 5.75. The lowest BCUT2D eigenvalue weighted by Gasteiger charge is -1.97. The first-order valence-electron chi connectivity index (χ1n) is 5.26. The van der Waals surface area contributed by atoms with Gasteiger partial charge in [-0.2, -0.15) is 5.10 Å². The Kier molecular flexibility index (Phi) is 3.01. The molecule has 0 atom stereocenters. The molecule has 1 saturated carbocycles. The van der Waals surface area contributed by atoms with E-state index in [9.17, 15) is 4.79 Å². The van der Waals surface area contributed by atoms with Gasteiger partial charge in [-0.25, -0.2) is 4.52 Å². The van der Waals surface area contributed by atoms with Gasteiger partial charge in [0, 0.05) is 13.3 Å². The van der Waals surface area contributed by atoms with Gasteiger partial charge in [0.1, 0.15) is 5.69 Å². The van der Waals surface area contributed by atoms with Gasteiger partial charge >= 0.3 is 0 Å². The fraction of sp³-hybridized carbons (Fsp3) is 0.333. The summed E-state index contributed by atoms with van der Waals surface area (Å²) in [5, 5.41) is 11.1. The monoisotopic (exact) mass is 218 g/mol. The number of hydrogen-bond acceptors (Lipinski definition) is 3. The zero-order chi connectivity index (χ0) is 11.5. The molecule has 3 rings (SSSR count). The summed E-state index contributed by atoms with van der Waals surface area (Å²) in [7, 11) is 1.00. The van der Waals surface area contributed by atoms with Crippen molar-refractivity contribution in [3.05, 3.63) is 35.7 Å². The third kappa shape index (κ3) is 1.97. The van der Waals surface area contributed by atoms with Crippen molar-refractivity contribution in [3.63, 3.8) is 0 Å². The summed E-state index contributed by atoms with van der Waals surface area (Å²) in [5.41, 5.74) is 2.88. The zero-order valence-electron chi connectivity index (χ0n) is 9.13. The highest BCUT2D eigenvalue weighted by Gasteiger charge is 2.23. The van der Waals surface area contributed by atoms with Crippen molar-refractivity contribution < 1.29 is 9.90 Å². The lowest BCUT2D eigenvalue weighted by molar-refractivity contribution is 0.111. The normalized spacial score (nSPS) is 14.4. The molecule has 0 aromatic carbocycles. The maximum atomic E-state index is 10.5. The Morgan fingerprint density at radius 2 is 2.19 bits per heavy atom. The second-order valence-corrected chi connectivity index (χ2v) is 3.79. The van der Waals surface area contributed by atoms with Crippen LogP contribution in [0.5, 0.6) is 0 Å². The van der Waals surface area contributed by atoms with Crippen molar-refractivity contribution >= 4 is 11.8 Å². The Bertz CT molecular complexity index is 501. The molecule has 1 fully saturated rings. The summed E-state index contributed by atoms with van der Waals surface area (Å²) >= 11 is 0. The number of carbonyl (C=O) groups is 1. The minimum atomic E-state index is 0.498. The van der Waals surface area contributed by atoms with Gasteiger partial charge in [0.25, 0.3) is 0 Å². The third-order valence-corrected chi connectivity index (χ3v) is 2.68. The number of pyridine rings is 1. The van der Waals surface area contributed by atoms with Gasteiger partial charge in [0.2, 0.25) is 0 Å². The fourth-order valence-electron chi connectivity index (χ4n) is 1.76. The van der Waals surface area contributed by atoms with Crippen LogP contribution < -0.4 is 0 Å². The minimum absolute atomic E-state index is 0.498.